The molecule has 1 atom stereocenters. The Labute approximate surface area is 110 Å². The number of aromatic nitrogens is 2. The lowest BCUT2D eigenvalue weighted by atomic mass is 10.1. The summed E-state index contributed by atoms with van der Waals surface area (Å²) in [5.74, 6) is -0.501. The van der Waals surface area contributed by atoms with Crippen molar-refractivity contribution in [3.8, 4) is 0 Å². The zero-order valence-corrected chi connectivity index (χ0v) is 11.5. The molecule has 19 heavy (non-hydrogen) atoms. The maximum Gasteiger partial charge on any atom is 0.451 e. The molecule has 0 aromatic carbocycles. The van der Waals surface area contributed by atoms with E-state index in [9.17, 15) is 13.2 Å². The van der Waals surface area contributed by atoms with Gasteiger partial charge in [0.2, 0.25) is 5.82 Å². The van der Waals surface area contributed by atoms with Crippen LogP contribution in [0.3, 0.4) is 0 Å². The first-order chi connectivity index (χ1) is 8.74. The van der Waals surface area contributed by atoms with Crippen molar-refractivity contribution in [2.75, 3.05) is 17.2 Å². The Morgan fingerprint density at radius 2 is 1.74 bits per heavy atom. The summed E-state index contributed by atoms with van der Waals surface area (Å²) in [5.41, 5.74) is 0. The molecule has 0 fully saturated rings. The van der Waals surface area contributed by atoms with E-state index >= 15 is 0 Å². The van der Waals surface area contributed by atoms with E-state index in [1.807, 2.05) is 20.8 Å². The van der Waals surface area contributed by atoms with Gasteiger partial charge in [-0.05, 0) is 19.8 Å². The van der Waals surface area contributed by atoms with Gasteiger partial charge in [-0.3, -0.25) is 0 Å². The van der Waals surface area contributed by atoms with Gasteiger partial charge in [0.15, 0.2) is 0 Å². The van der Waals surface area contributed by atoms with Gasteiger partial charge in [-0.15, -0.1) is 0 Å². The number of rotatable bonds is 5. The van der Waals surface area contributed by atoms with Crippen LogP contribution >= 0.6 is 0 Å². The van der Waals surface area contributed by atoms with E-state index in [-0.39, 0.29) is 23.6 Å². The van der Waals surface area contributed by atoms with E-state index in [1.54, 1.807) is 6.92 Å². The van der Waals surface area contributed by atoms with Gasteiger partial charge in [-0.25, -0.2) is 9.97 Å². The fourth-order valence-electron chi connectivity index (χ4n) is 1.32. The number of hydrogen-bond donors (Lipinski definition) is 2. The maximum atomic E-state index is 12.7. The molecule has 108 valence electrons. The molecule has 1 unspecified atom stereocenters. The van der Waals surface area contributed by atoms with E-state index in [0.717, 1.165) is 0 Å². The molecule has 1 aromatic rings. The highest BCUT2D eigenvalue weighted by Gasteiger charge is 2.35. The first-order valence-electron chi connectivity index (χ1n) is 6.20. The Balaban J connectivity index is 3.06. The van der Waals surface area contributed by atoms with Gasteiger partial charge in [-0.1, -0.05) is 13.8 Å². The van der Waals surface area contributed by atoms with Crippen molar-refractivity contribution in [3.05, 3.63) is 11.9 Å². The van der Waals surface area contributed by atoms with E-state index in [2.05, 4.69) is 20.6 Å². The standard InChI is InChI=1S/C12H19F3N4/c1-5-16-9-6-10(17-8(4)7(2)3)19-11(18-9)12(13,14)15/h6-8H,5H2,1-4H3,(H2,16,17,18,19). The average Bonchev–Trinajstić information content (AvgIpc) is 2.27. The summed E-state index contributed by atoms with van der Waals surface area (Å²) >= 11 is 0. The van der Waals surface area contributed by atoms with Gasteiger partial charge in [0.1, 0.15) is 11.6 Å². The molecule has 4 nitrogen and oxygen atoms in total. The minimum atomic E-state index is -4.55. The molecule has 1 rings (SSSR count). The third-order valence-corrected chi connectivity index (χ3v) is 2.71. The summed E-state index contributed by atoms with van der Waals surface area (Å²) in [7, 11) is 0. The summed E-state index contributed by atoms with van der Waals surface area (Å²) < 4.78 is 38.1. The monoisotopic (exact) mass is 276 g/mol. The number of alkyl halides is 3. The molecule has 0 bridgehead atoms. The van der Waals surface area contributed by atoms with Gasteiger partial charge in [0, 0.05) is 18.7 Å². The predicted octanol–water partition coefficient (Wildman–Crippen LogP) is 3.38. The lowest BCUT2D eigenvalue weighted by Crippen LogP contribution is -2.23. The quantitative estimate of drug-likeness (QED) is 0.865. The van der Waals surface area contributed by atoms with Crippen LogP contribution in [0.2, 0.25) is 0 Å². The third kappa shape index (κ3) is 4.57. The SMILES string of the molecule is CCNc1cc(NC(C)C(C)C)nc(C(F)(F)F)n1. The highest BCUT2D eigenvalue weighted by atomic mass is 19.4. The van der Waals surface area contributed by atoms with Crippen LogP contribution in [-0.2, 0) is 6.18 Å². The summed E-state index contributed by atoms with van der Waals surface area (Å²) in [6.45, 7) is 8.14. The maximum absolute atomic E-state index is 12.7. The Morgan fingerprint density at radius 1 is 1.16 bits per heavy atom. The molecule has 0 saturated carbocycles. The van der Waals surface area contributed by atoms with Crippen LogP contribution in [-0.4, -0.2) is 22.6 Å². The Kier molecular flexibility index (Phi) is 4.97. The molecule has 1 aromatic heterocycles. The lowest BCUT2D eigenvalue weighted by Gasteiger charge is -2.19. The smallest absolute Gasteiger partial charge is 0.370 e. The molecular formula is C12H19F3N4. The molecule has 0 amide bonds. The minimum absolute atomic E-state index is 0.0189. The first-order valence-corrected chi connectivity index (χ1v) is 6.20. The molecule has 7 heteroatoms. The van der Waals surface area contributed by atoms with Gasteiger partial charge in [-0.2, -0.15) is 13.2 Å². The van der Waals surface area contributed by atoms with Crippen molar-refractivity contribution in [2.24, 2.45) is 5.92 Å². The number of anilines is 2. The number of nitrogens with zero attached hydrogens (tertiary/aromatic N) is 2. The van der Waals surface area contributed by atoms with Crippen molar-refractivity contribution >= 4 is 11.6 Å². The zero-order valence-electron chi connectivity index (χ0n) is 11.5. The highest BCUT2D eigenvalue weighted by Crippen LogP contribution is 2.28. The van der Waals surface area contributed by atoms with Crippen molar-refractivity contribution in [2.45, 2.75) is 39.9 Å². The Morgan fingerprint density at radius 3 is 2.21 bits per heavy atom. The van der Waals surface area contributed by atoms with Crippen LogP contribution in [0.4, 0.5) is 24.8 Å². The fraction of sp³-hybridized carbons (Fsp3) is 0.667. The fourth-order valence-corrected chi connectivity index (χ4v) is 1.32. The van der Waals surface area contributed by atoms with Crippen molar-refractivity contribution in [3.63, 3.8) is 0 Å². The van der Waals surface area contributed by atoms with Gasteiger partial charge in [0.05, 0.1) is 0 Å². The number of nitrogens with one attached hydrogen (secondary N) is 2. The lowest BCUT2D eigenvalue weighted by molar-refractivity contribution is -0.144. The van der Waals surface area contributed by atoms with E-state index in [0.29, 0.717) is 6.54 Å². The molecule has 0 aliphatic heterocycles. The summed E-state index contributed by atoms with van der Waals surface area (Å²) in [4.78, 5) is 6.98. The molecule has 0 aliphatic carbocycles. The minimum Gasteiger partial charge on any atom is -0.370 e. The van der Waals surface area contributed by atoms with E-state index in [4.69, 9.17) is 0 Å². The van der Waals surface area contributed by atoms with Crippen LogP contribution in [0.5, 0.6) is 0 Å². The second kappa shape index (κ2) is 6.08. The first kappa shape index (κ1) is 15.5. The zero-order chi connectivity index (χ0) is 14.6. The molecule has 0 radical (unpaired) electrons. The normalized spacial score (nSPS) is 13.5. The topological polar surface area (TPSA) is 49.8 Å². The van der Waals surface area contributed by atoms with Crippen molar-refractivity contribution < 1.29 is 13.2 Å². The third-order valence-electron chi connectivity index (χ3n) is 2.71. The molecule has 2 N–H and O–H groups in total. The molecule has 0 spiro atoms. The van der Waals surface area contributed by atoms with Crippen molar-refractivity contribution in [1.29, 1.82) is 0 Å². The van der Waals surface area contributed by atoms with E-state index in [1.165, 1.54) is 6.07 Å². The molecule has 1 heterocycles. The van der Waals surface area contributed by atoms with Crippen LogP contribution in [0.25, 0.3) is 0 Å². The summed E-state index contributed by atoms with van der Waals surface area (Å²) in [6.07, 6.45) is -4.55. The van der Waals surface area contributed by atoms with E-state index < -0.39 is 12.0 Å². The van der Waals surface area contributed by atoms with Gasteiger partial charge in [0.25, 0.3) is 0 Å². The van der Waals surface area contributed by atoms with Crippen LogP contribution < -0.4 is 10.6 Å². The van der Waals surface area contributed by atoms with Gasteiger partial charge >= 0.3 is 6.18 Å². The molecule has 0 aliphatic rings. The van der Waals surface area contributed by atoms with Crippen LogP contribution in [0.15, 0.2) is 6.07 Å². The summed E-state index contributed by atoms with van der Waals surface area (Å²) in [5, 5.41) is 5.73. The van der Waals surface area contributed by atoms with Crippen molar-refractivity contribution in [1.82, 2.24) is 9.97 Å². The second-order valence-electron chi connectivity index (χ2n) is 4.67. The number of hydrogen-bond acceptors (Lipinski definition) is 4. The highest BCUT2D eigenvalue weighted by molar-refractivity contribution is 5.48. The predicted molar refractivity (Wildman–Crippen MR) is 69.1 cm³/mol. The molecular weight excluding hydrogens is 257 g/mol. The second-order valence-corrected chi connectivity index (χ2v) is 4.67. The van der Waals surface area contributed by atoms with Crippen LogP contribution in [0.1, 0.15) is 33.5 Å². The molecule has 0 saturated heterocycles. The Bertz CT molecular complexity index is 418. The largest absolute Gasteiger partial charge is 0.451 e. The van der Waals surface area contributed by atoms with Gasteiger partial charge < -0.3 is 10.6 Å². The Hall–Kier alpha value is -1.53. The summed E-state index contributed by atoms with van der Waals surface area (Å²) in [6, 6.07) is 1.50. The van der Waals surface area contributed by atoms with Crippen LogP contribution in [0, 0.1) is 5.92 Å². The average molecular weight is 276 g/mol. The number of halogens is 3.